The van der Waals surface area contributed by atoms with Gasteiger partial charge in [0.15, 0.2) is 0 Å². The monoisotopic (exact) mass is 563 g/mol. The second-order valence-corrected chi connectivity index (χ2v) is 11.4. The van der Waals surface area contributed by atoms with E-state index in [0.717, 1.165) is 43.9 Å². The van der Waals surface area contributed by atoms with Crippen molar-refractivity contribution in [2.75, 3.05) is 49.6 Å². The lowest BCUT2D eigenvalue weighted by Gasteiger charge is -2.42. The van der Waals surface area contributed by atoms with E-state index in [-0.39, 0.29) is 11.9 Å². The number of likely N-dealkylation sites (tertiary alicyclic amines) is 1. The van der Waals surface area contributed by atoms with E-state index in [0.29, 0.717) is 36.4 Å². The lowest BCUT2D eigenvalue weighted by Crippen LogP contribution is -2.56. The number of rotatable bonds is 7. The molecular weight excluding hydrogens is 526 g/mol. The average Bonchev–Trinajstić information content (AvgIpc) is 3.64. The number of anilines is 2. The van der Waals surface area contributed by atoms with Gasteiger partial charge in [-0.1, -0.05) is 30.3 Å². The zero-order valence-electron chi connectivity index (χ0n) is 24.4. The van der Waals surface area contributed by atoms with Crippen LogP contribution in [0.1, 0.15) is 43.7 Å². The Hall–Kier alpha value is -4.35. The topological polar surface area (TPSA) is 80.1 Å². The standard InChI is InChI=1S/C34H37N5O3/c1-3-38-33(41)39(30-14-11-28(22-31(30)42-2)27-8-6-7-26(21-27)23-35)32(40)34(38)15-19-36(20-16-34)24-25-9-12-29(13-10-25)37-17-4-5-18-37/h6-14,21-22H,3-5,15-20,24H2,1-2H3. The number of methoxy groups -OCH3 is 1. The number of amides is 3. The molecule has 3 saturated heterocycles. The number of hydrogen-bond acceptors (Lipinski definition) is 6. The van der Waals surface area contributed by atoms with Gasteiger partial charge in [0.25, 0.3) is 5.91 Å². The normalized spacial score (nSPS) is 18.6. The molecule has 3 aliphatic heterocycles. The van der Waals surface area contributed by atoms with E-state index in [4.69, 9.17) is 4.74 Å². The molecule has 3 aliphatic rings. The molecule has 6 rings (SSSR count). The summed E-state index contributed by atoms with van der Waals surface area (Å²) in [4.78, 5) is 35.8. The number of benzene rings is 3. The number of nitrogens with zero attached hydrogens (tertiary/aromatic N) is 5. The molecule has 0 bridgehead atoms. The molecule has 0 aromatic heterocycles. The van der Waals surface area contributed by atoms with Crippen LogP contribution in [0.15, 0.2) is 66.7 Å². The number of nitriles is 1. The van der Waals surface area contributed by atoms with Crippen LogP contribution >= 0.6 is 0 Å². The van der Waals surface area contributed by atoms with E-state index in [1.54, 1.807) is 24.1 Å². The van der Waals surface area contributed by atoms with Crippen molar-refractivity contribution in [3.8, 4) is 22.9 Å². The molecule has 0 N–H and O–H groups in total. The van der Waals surface area contributed by atoms with Crippen molar-refractivity contribution in [2.45, 2.75) is 44.7 Å². The third-order valence-electron chi connectivity index (χ3n) is 9.10. The molecule has 216 valence electrons. The molecule has 0 unspecified atom stereocenters. The van der Waals surface area contributed by atoms with Crippen LogP contribution in [-0.2, 0) is 11.3 Å². The highest BCUT2D eigenvalue weighted by Gasteiger charge is 2.58. The summed E-state index contributed by atoms with van der Waals surface area (Å²) in [6.45, 7) is 6.98. The molecule has 0 radical (unpaired) electrons. The van der Waals surface area contributed by atoms with Gasteiger partial charge in [-0.05, 0) is 85.7 Å². The molecule has 3 aromatic carbocycles. The van der Waals surface area contributed by atoms with Crippen LogP contribution in [0.5, 0.6) is 5.75 Å². The molecule has 1 spiro atoms. The summed E-state index contributed by atoms with van der Waals surface area (Å²) in [7, 11) is 1.54. The van der Waals surface area contributed by atoms with Crippen LogP contribution in [0.3, 0.4) is 0 Å². The molecule has 3 aromatic rings. The summed E-state index contributed by atoms with van der Waals surface area (Å²) in [6.07, 6.45) is 3.71. The SMILES string of the molecule is CCN1C(=O)N(c2ccc(-c3cccc(C#N)c3)cc2OC)C(=O)C12CCN(Cc1ccc(N3CCCC3)cc1)CC2. The van der Waals surface area contributed by atoms with E-state index < -0.39 is 5.54 Å². The quantitative estimate of drug-likeness (QED) is 0.345. The minimum Gasteiger partial charge on any atom is -0.495 e. The summed E-state index contributed by atoms with van der Waals surface area (Å²) in [6, 6.07) is 23.5. The number of ether oxygens (including phenoxy) is 1. The van der Waals surface area contributed by atoms with Gasteiger partial charge in [0.05, 0.1) is 24.4 Å². The number of likely N-dealkylation sites (N-methyl/N-ethyl adjacent to an activating group) is 1. The first-order chi connectivity index (χ1) is 20.5. The van der Waals surface area contributed by atoms with Gasteiger partial charge in [0, 0.05) is 45.0 Å². The molecule has 42 heavy (non-hydrogen) atoms. The maximum absolute atomic E-state index is 14.1. The zero-order valence-corrected chi connectivity index (χ0v) is 24.4. The molecule has 0 atom stereocenters. The van der Waals surface area contributed by atoms with E-state index in [9.17, 15) is 14.9 Å². The maximum atomic E-state index is 14.1. The summed E-state index contributed by atoms with van der Waals surface area (Å²) in [5.74, 6) is 0.265. The molecule has 0 aliphatic carbocycles. The summed E-state index contributed by atoms with van der Waals surface area (Å²) >= 11 is 0. The predicted molar refractivity (Wildman–Crippen MR) is 164 cm³/mol. The fourth-order valence-electron chi connectivity index (χ4n) is 6.79. The van der Waals surface area contributed by atoms with Gasteiger partial charge in [-0.25, -0.2) is 9.69 Å². The van der Waals surface area contributed by atoms with Crippen molar-refractivity contribution in [3.05, 3.63) is 77.9 Å². The summed E-state index contributed by atoms with van der Waals surface area (Å²) < 4.78 is 5.70. The Balaban J connectivity index is 1.19. The number of urea groups is 1. The summed E-state index contributed by atoms with van der Waals surface area (Å²) in [5, 5.41) is 9.30. The van der Waals surface area contributed by atoms with Gasteiger partial charge in [-0.15, -0.1) is 0 Å². The van der Waals surface area contributed by atoms with E-state index in [2.05, 4.69) is 40.1 Å². The number of hydrogen-bond donors (Lipinski definition) is 0. The largest absolute Gasteiger partial charge is 0.495 e. The Morgan fingerprint density at radius 3 is 2.29 bits per heavy atom. The maximum Gasteiger partial charge on any atom is 0.332 e. The van der Waals surface area contributed by atoms with Crippen molar-refractivity contribution in [1.29, 1.82) is 5.26 Å². The van der Waals surface area contributed by atoms with Crippen LogP contribution in [0.4, 0.5) is 16.2 Å². The van der Waals surface area contributed by atoms with Crippen molar-refractivity contribution >= 4 is 23.3 Å². The van der Waals surface area contributed by atoms with Crippen LogP contribution in [0.2, 0.25) is 0 Å². The second-order valence-electron chi connectivity index (χ2n) is 11.4. The number of carbonyl (C=O) groups excluding carboxylic acids is 2. The molecule has 0 saturated carbocycles. The Bertz CT molecular complexity index is 1510. The highest BCUT2D eigenvalue weighted by molar-refractivity contribution is 6.24. The van der Waals surface area contributed by atoms with Gasteiger partial charge < -0.3 is 14.5 Å². The van der Waals surface area contributed by atoms with E-state index in [1.165, 1.54) is 29.0 Å². The van der Waals surface area contributed by atoms with Crippen molar-refractivity contribution in [2.24, 2.45) is 0 Å². The van der Waals surface area contributed by atoms with Gasteiger partial charge >= 0.3 is 6.03 Å². The van der Waals surface area contributed by atoms with Crippen LogP contribution in [-0.4, -0.2) is 67.1 Å². The predicted octanol–water partition coefficient (Wildman–Crippen LogP) is 5.66. The Labute approximate surface area is 247 Å². The van der Waals surface area contributed by atoms with Crippen molar-refractivity contribution in [3.63, 3.8) is 0 Å². The molecule has 3 amide bonds. The Morgan fingerprint density at radius 2 is 1.62 bits per heavy atom. The lowest BCUT2D eigenvalue weighted by atomic mass is 9.85. The van der Waals surface area contributed by atoms with Crippen LogP contribution in [0.25, 0.3) is 11.1 Å². The number of imide groups is 1. The first-order valence-corrected chi connectivity index (χ1v) is 14.9. The Kier molecular flexibility index (Phi) is 7.61. The first-order valence-electron chi connectivity index (χ1n) is 14.9. The fourth-order valence-corrected chi connectivity index (χ4v) is 6.79. The minimum atomic E-state index is -0.854. The number of carbonyl (C=O) groups is 2. The highest BCUT2D eigenvalue weighted by Crippen LogP contribution is 2.43. The van der Waals surface area contributed by atoms with Crippen molar-refractivity contribution < 1.29 is 14.3 Å². The molecule has 3 fully saturated rings. The smallest absolute Gasteiger partial charge is 0.332 e. The van der Waals surface area contributed by atoms with Gasteiger partial charge in [-0.3, -0.25) is 9.69 Å². The van der Waals surface area contributed by atoms with E-state index >= 15 is 0 Å². The number of piperidine rings is 1. The summed E-state index contributed by atoms with van der Waals surface area (Å²) in [5.41, 5.74) is 4.42. The van der Waals surface area contributed by atoms with Crippen molar-refractivity contribution in [1.82, 2.24) is 9.80 Å². The molecule has 8 heteroatoms. The van der Waals surface area contributed by atoms with Gasteiger partial charge in [0.1, 0.15) is 11.3 Å². The highest BCUT2D eigenvalue weighted by atomic mass is 16.5. The Morgan fingerprint density at radius 1 is 0.905 bits per heavy atom. The van der Waals surface area contributed by atoms with Gasteiger partial charge in [-0.2, -0.15) is 5.26 Å². The van der Waals surface area contributed by atoms with Crippen LogP contribution < -0.4 is 14.5 Å². The molecular formula is C34H37N5O3. The third-order valence-corrected chi connectivity index (χ3v) is 9.10. The zero-order chi connectivity index (χ0) is 29.3. The molecule has 3 heterocycles. The van der Waals surface area contributed by atoms with E-state index in [1.807, 2.05) is 37.3 Å². The minimum absolute atomic E-state index is 0.179. The van der Waals surface area contributed by atoms with Crippen LogP contribution in [0, 0.1) is 11.3 Å². The molecule has 8 nitrogen and oxygen atoms in total. The third kappa shape index (κ3) is 4.88. The van der Waals surface area contributed by atoms with Gasteiger partial charge in [0.2, 0.25) is 0 Å². The average molecular weight is 564 g/mol. The fraction of sp³-hybridized carbons (Fsp3) is 0.382. The second kappa shape index (κ2) is 11.5. The first kappa shape index (κ1) is 27.8. The lowest BCUT2D eigenvalue weighted by molar-refractivity contribution is -0.127.